The van der Waals surface area contributed by atoms with Crippen LogP contribution in [0.5, 0.6) is 5.75 Å². The molecule has 0 aliphatic rings. The van der Waals surface area contributed by atoms with Gasteiger partial charge in [-0.25, -0.2) is 0 Å². The topological polar surface area (TPSA) is 38.7 Å². The Balaban J connectivity index is 2.53. The van der Waals surface area contributed by atoms with E-state index in [1.165, 1.54) is 0 Å². The van der Waals surface area contributed by atoms with Gasteiger partial charge in [0.1, 0.15) is 5.75 Å². The van der Waals surface area contributed by atoms with Crippen molar-refractivity contribution in [1.29, 1.82) is 0 Å². The first kappa shape index (κ1) is 11.0. The molecule has 1 aromatic carbocycles. The van der Waals surface area contributed by atoms with Crippen LogP contribution >= 0.6 is 0 Å². The van der Waals surface area contributed by atoms with E-state index in [1.807, 2.05) is 19.1 Å². The van der Waals surface area contributed by atoms with Crippen LogP contribution in [0.1, 0.15) is 12.5 Å². The van der Waals surface area contributed by atoms with Crippen LogP contribution in [0.4, 0.5) is 0 Å². The Bertz CT molecular complexity index is 256. The molecule has 0 heterocycles. The molecule has 1 aromatic rings. The van der Waals surface area contributed by atoms with E-state index in [0.29, 0.717) is 13.0 Å². The molecule has 3 heteroatoms. The third-order valence-electron chi connectivity index (χ3n) is 1.95. The van der Waals surface area contributed by atoms with Gasteiger partial charge in [0.25, 0.3) is 0 Å². The molecule has 14 heavy (non-hydrogen) atoms. The predicted molar refractivity (Wildman–Crippen MR) is 54.2 cm³/mol. The maximum absolute atomic E-state index is 9.09. The van der Waals surface area contributed by atoms with E-state index in [-0.39, 0.29) is 12.0 Å². The molecule has 3 nitrogen and oxygen atoms in total. The molecule has 1 N–H and O–H groups in total. The zero-order valence-electron chi connectivity index (χ0n) is 8.56. The van der Waals surface area contributed by atoms with Crippen LogP contribution in [0.25, 0.3) is 0 Å². The van der Waals surface area contributed by atoms with E-state index in [1.54, 1.807) is 19.2 Å². The highest BCUT2D eigenvalue weighted by Crippen LogP contribution is 2.12. The summed E-state index contributed by atoms with van der Waals surface area (Å²) in [4.78, 5) is 0. The lowest BCUT2D eigenvalue weighted by Gasteiger charge is -2.14. The second-order valence-electron chi connectivity index (χ2n) is 2.99. The van der Waals surface area contributed by atoms with Crippen molar-refractivity contribution in [3.63, 3.8) is 0 Å². The summed E-state index contributed by atoms with van der Waals surface area (Å²) in [6, 6.07) is 7.04. The van der Waals surface area contributed by atoms with Crippen LogP contribution in [0.15, 0.2) is 24.3 Å². The predicted octanol–water partition coefficient (Wildman–Crippen LogP) is 1.94. The minimum atomic E-state index is -0.204. The van der Waals surface area contributed by atoms with E-state index >= 15 is 0 Å². The van der Waals surface area contributed by atoms with Gasteiger partial charge in [-0.1, -0.05) is 12.1 Å². The van der Waals surface area contributed by atoms with Crippen LogP contribution in [-0.4, -0.2) is 25.1 Å². The lowest BCUT2D eigenvalue weighted by molar-refractivity contribution is -0.118. The fraction of sp³-hybridized carbons (Fsp3) is 0.455. The number of benzene rings is 1. The molecular weight excluding hydrogens is 180 g/mol. The molecule has 0 spiro atoms. The molecule has 0 saturated carbocycles. The Morgan fingerprint density at radius 2 is 1.93 bits per heavy atom. The van der Waals surface area contributed by atoms with Crippen LogP contribution in [-0.2, 0) is 15.9 Å². The first-order valence-corrected chi connectivity index (χ1v) is 4.68. The smallest absolute Gasteiger partial charge is 0.161 e. The van der Waals surface area contributed by atoms with Crippen molar-refractivity contribution in [1.82, 2.24) is 0 Å². The van der Waals surface area contributed by atoms with Crippen molar-refractivity contribution in [3.8, 4) is 5.75 Å². The number of aromatic hydroxyl groups is 1. The summed E-state index contributed by atoms with van der Waals surface area (Å²) < 4.78 is 10.5. The quantitative estimate of drug-likeness (QED) is 0.731. The first-order valence-electron chi connectivity index (χ1n) is 4.68. The van der Waals surface area contributed by atoms with E-state index in [4.69, 9.17) is 14.6 Å². The average Bonchev–Trinajstić information content (AvgIpc) is 2.20. The van der Waals surface area contributed by atoms with Gasteiger partial charge in [-0.15, -0.1) is 0 Å². The van der Waals surface area contributed by atoms with Gasteiger partial charge >= 0.3 is 0 Å². The van der Waals surface area contributed by atoms with Gasteiger partial charge in [-0.3, -0.25) is 0 Å². The molecule has 0 amide bonds. The van der Waals surface area contributed by atoms with E-state index in [2.05, 4.69) is 0 Å². The zero-order valence-corrected chi connectivity index (χ0v) is 8.56. The Labute approximate surface area is 84.3 Å². The van der Waals surface area contributed by atoms with Crippen molar-refractivity contribution >= 4 is 0 Å². The maximum Gasteiger partial charge on any atom is 0.161 e. The highest BCUT2D eigenvalue weighted by atomic mass is 16.7. The van der Waals surface area contributed by atoms with Crippen LogP contribution < -0.4 is 0 Å². The summed E-state index contributed by atoms with van der Waals surface area (Å²) >= 11 is 0. The lowest BCUT2D eigenvalue weighted by Crippen LogP contribution is -2.18. The third kappa shape index (κ3) is 3.36. The van der Waals surface area contributed by atoms with Crippen LogP contribution in [0.3, 0.4) is 0 Å². The van der Waals surface area contributed by atoms with Gasteiger partial charge in [0.2, 0.25) is 0 Å². The average molecular weight is 196 g/mol. The monoisotopic (exact) mass is 196 g/mol. The molecule has 0 aliphatic carbocycles. The van der Waals surface area contributed by atoms with Crippen molar-refractivity contribution in [2.24, 2.45) is 0 Å². The summed E-state index contributed by atoms with van der Waals surface area (Å²) in [7, 11) is 1.63. The summed E-state index contributed by atoms with van der Waals surface area (Å²) in [5.41, 5.74) is 1.09. The molecule has 0 saturated heterocycles. The molecular formula is C11H16O3. The summed E-state index contributed by atoms with van der Waals surface area (Å²) in [6.45, 7) is 2.57. The number of rotatable bonds is 5. The number of phenols is 1. The van der Waals surface area contributed by atoms with Gasteiger partial charge in [-0.05, 0) is 24.6 Å². The van der Waals surface area contributed by atoms with E-state index < -0.39 is 0 Å². The molecule has 0 radical (unpaired) electrons. The standard InChI is InChI=1S/C11H16O3/c1-3-14-11(13-2)8-9-4-6-10(12)7-5-9/h4-7,11-12H,3,8H2,1-2H3/t11-/m1/s1. The second kappa shape index (κ2) is 5.62. The van der Waals surface area contributed by atoms with Crippen molar-refractivity contribution in [3.05, 3.63) is 29.8 Å². The number of methoxy groups -OCH3 is 1. The summed E-state index contributed by atoms with van der Waals surface area (Å²) in [6.07, 6.45) is 0.495. The van der Waals surface area contributed by atoms with Crippen molar-refractivity contribution in [2.45, 2.75) is 19.6 Å². The van der Waals surface area contributed by atoms with Gasteiger partial charge in [0, 0.05) is 20.1 Å². The van der Waals surface area contributed by atoms with Crippen LogP contribution in [0, 0.1) is 0 Å². The largest absolute Gasteiger partial charge is 0.508 e. The molecule has 0 unspecified atom stereocenters. The minimum absolute atomic E-state index is 0.204. The Kier molecular flexibility index (Phi) is 4.43. The van der Waals surface area contributed by atoms with Gasteiger partial charge < -0.3 is 14.6 Å². The highest BCUT2D eigenvalue weighted by molar-refractivity contribution is 5.26. The second-order valence-corrected chi connectivity index (χ2v) is 2.99. The summed E-state index contributed by atoms with van der Waals surface area (Å²) in [5, 5.41) is 9.09. The number of hydrogen-bond donors (Lipinski definition) is 1. The molecule has 78 valence electrons. The van der Waals surface area contributed by atoms with Crippen LogP contribution in [0.2, 0.25) is 0 Å². The Morgan fingerprint density at radius 3 is 2.43 bits per heavy atom. The molecule has 0 aliphatic heterocycles. The van der Waals surface area contributed by atoms with Gasteiger partial charge in [0.05, 0.1) is 0 Å². The Morgan fingerprint density at radius 1 is 1.29 bits per heavy atom. The molecule has 0 fully saturated rings. The number of ether oxygens (including phenoxy) is 2. The van der Waals surface area contributed by atoms with Gasteiger partial charge in [0.15, 0.2) is 6.29 Å². The highest BCUT2D eigenvalue weighted by Gasteiger charge is 2.07. The SMILES string of the molecule is CCO[C@H](Cc1ccc(O)cc1)OC. The fourth-order valence-electron chi connectivity index (χ4n) is 1.22. The van der Waals surface area contributed by atoms with E-state index in [9.17, 15) is 0 Å². The summed E-state index contributed by atoms with van der Waals surface area (Å²) in [5.74, 6) is 0.277. The number of hydrogen-bond acceptors (Lipinski definition) is 3. The van der Waals surface area contributed by atoms with Crippen molar-refractivity contribution < 1.29 is 14.6 Å². The molecule has 0 bridgehead atoms. The third-order valence-corrected chi connectivity index (χ3v) is 1.95. The van der Waals surface area contributed by atoms with Crippen molar-refractivity contribution in [2.75, 3.05) is 13.7 Å². The lowest BCUT2D eigenvalue weighted by atomic mass is 10.1. The Hall–Kier alpha value is -1.06. The number of phenolic OH excluding ortho intramolecular Hbond substituents is 1. The fourth-order valence-corrected chi connectivity index (χ4v) is 1.22. The maximum atomic E-state index is 9.09. The molecule has 1 atom stereocenters. The zero-order chi connectivity index (χ0) is 10.4. The van der Waals surface area contributed by atoms with Gasteiger partial charge in [-0.2, -0.15) is 0 Å². The first-order chi connectivity index (χ1) is 6.76. The normalized spacial score (nSPS) is 12.7. The molecule has 0 aromatic heterocycles. The van der Waals surface area contributed by atoms with E-state index in [0.717, 1.165) is 5.56 Å². The molecule has 1 rings (SSSR count). The minimum Gasteiger partial charge on any atom is -0.508 e.